The Hall–Kier alpha value is -3.73. The van der Waals surface area contributed by atoms with Crippen LogP contribution in [0.25, 0.3) is 16.5 Å². The van der Waals surface area contributed by atoms with Crippen molar-refractivity contribution in [2.75, 3.05) is 7.11 Å². The van der Waals surface area contributed by atoms with Gasteiger partial charge in [0.05, 0.1) is 12.7 Å². The second-order valence-electron chi connectivity index (χ2n) is 10.1. The highest BCUT2D eigenvalue weighted by molar-refractivity contribution is 5.91. The third kappa shape index (κ3) is 5.11. The summed E-state index contributed by atoms with van der Waals surface area (Å²) in [5.74, 6) is 1.83. The molecule has 3 aromatic rings. The maximum atomic E-state index is 14.1. The molecule has 188 valence electrons. The Morgan fingerprint density at radius 3 is 2.53 bits per heavy atom. The highest BCUT2D eigenvalue weighted by Gasteiger charge is 2.31. The molecule has 0 bridgehead atoms. The first-order valence-corrected chi connectivity index (χ1v) is 12.2. The molecule has 0 fully saturated rings. The minimum Gasteiger partial charge on any atom is -0.496 e. The lowest BCUT2D eigenvalue weighted by Gasteiger charge is -2.33. The number of allylic oxidation sites excluding steroid dienone is 4. The van der Waals surface area contributed by atoms with Crippen molar-refractivity contribution in [3.8, 4) is 11.5 Å². The van der Waals surface area contributed by atoms with Crippen LogP contribution in [0.1, 0.15) is 57.7 Å². The van der Waals surface area contributed by atoms with Gasteiger partial charge in [-0.15, -0.1) is 0 Å². The molecule has 0 aliphatic carbocycles. The normalized spacial score (nSPS) is 14.6. The highest BCUT2D eigenvalue weighted by atomic mass is 16.5. The van der Waals surface area contributed by atoms with Gasteiger partial charge in [0.2, 0.25) is 5.43 Å². The zero-order chi connectivity index (χ0) is 26.0. The van der Waals surface area contributed by atoms with Crippen LogP contribution in [0.4, 0.5) is 0 Å². The first-order chi connectivity index (χ1) is 17.1. The predicted molar refractivity (Wildman–Crippen MR) is 144 cm³/mol. The first-order valence-electron chi connectivity index (χ1n) is 12.2. The van der Waals surface area contributed by atoms with Gasteiger partial charge in [0, 0.05) is 11.6 Å². The highest BCUT2D eigenvalue weighted by Crippen LogP contribution is 2.43. The number of hydrogen-bond acceptors (Lipinski definition) is 5. The molecule has 5 nitrogen and oxygen atoms in total. The second kappa shape index (κ2) is 10.1. The molecule has 0 N–H and O–H groups in total. The molecular weight excluding hydrogens is 452 g/mol. The van der Waals surface area contributed by atoms with E-state index in [9.17, 15) is 4.79 Å². The van der Waals surface area contributed by atoms with E-state index < -0.39 is 0 Å². The van der Waals surface area contributed by atoms with Gasteiger partial charge in [-0.3, -0.25) is 4.79 Å². The lowest BCUT2D eigenvalue weighted by molar-refractivity contribution is 0.0834. The van der Waals surface area contributed by atoms with Gasteiger partial charge in [0.1, 0.15) is 46.7 Å². The Morgan fingerprint density at radius 1 is 1.17 bits per heavy atom. The minimum absolute atomic E-state index is 0.156. The molecule has 0 saturated heterocycles. The molecule has 0 amide bonds. The van der Waals surface area contributed by atoms with E-state index in [0.29, 0.717) is 40.4 Å². The number of hydrogen-bond donors (Lipinski definition) is 0. The van der Waals surface area contributed by atoms with Gasteiger partial charge in [-0.1, -0.05) is 42.5 Å². The number of benzene rings is 2. The van der Waals surface area contributed by atoms with Gasteiger partial charge in [0.15, 0.2) is 0 Å². The average molecular weight is 487 g/mol. The average Bonchev–Trinajstić information content (AvgIpc) is 2.83. The van der Waals surface area contributed by atoms with E-state index in [0.717, 1.165) is 40.7 Å². The van der Waals surface area contributed by atoms with E-state index in [2.05, 4.69) is 20.4 Å². The number of methoxy groups -OCH3 is 1. The van der Waals surface area contributed by atoms with Crippen molar-refractivity contribution in [3.05, 3.63) is 99.1 Å². The second-order valence-corrected chi connectivity index (χ2v) is 10.1. The molecule has 0 spiro atoms. The summed E-state index contributed by atoms with van der Waals surface area (Å²) in [5, 5.41) is 0.423. The van der Waals surface area contributed by atoms with Crippen molar-refractivity contribution in [1.82, 2.24) is 0 Å². The van der Waals surface area contributed by atoms with Crippen LogP contribution in [0.5, 0.6) is 11.5 Å². The quantitative estimate of drug-likeness (QED) is 0.258. The zero-order valence-corrected chi connectivity index (χ0v) is 22.0. The molecule has 1 aliphatic heterocycles. The molecule has 0 saturated carbocycles. The molecule has 0 atom stereocenters. The van der Waals surface area contributed by atoms with E-state index in [1.165, 1.54) is 6.26 Å². The van der Waals surface area contributed by atoms with E-state index >= 15 is 0 Å². The Labute approximate surface area is 212 Å². The number of ether oxygens (including phenoxy) is 3. The first kappa shape index (κ1) is 25.4. The van der Waals surface area contributed by atoms with E-state index in [4.69, 9.17) is 18.6 Å². The van der Waals surface area contributed by atoms with Crippen LogP contribution >= 0.6 is 0 Å². The third-order valence-electron chi connectivity index (χ3n) is 6.42. The monoisotopic (exact) mass is 486 g/mol. The lowest BCUT2D eigenvalue weighted by Crippen LogP contribution is -2.33. The summed E-state index contributed by atoms with van der Waals surface area (Å²) in [6.07, 6.45) is 4.90. The van der Waals surface area contributed by atoms with Gasteiger partial charge in [-0.05, 0) is 70.2 Å². The van der Waals surface area contributed by atoms with Crippen molar-refractivity contribution in [2.45, 2.75) is 59.7 Å². The van der Waals surface area contributed by atoms with Crippen molar-refractivity contribution >= 4 is 16.5 Å². The van der Waals surface area contributed by atoms with Crippen LogP contribution in [0, 0.1) is 0 Å². The molecule has 1 aromatic heterocycles. The van der Waals surface area contributed by atoms with Crippen molar-refractivity contribution in [3.63, 3.8) is 0 Å². The molecule has 5 heteroatoms. The Bertz CT molecular complexity index is 1420. The molecule has 1 aliphatic rings. The van der Waals surface area contributed by atoms with Crippen LogP contribution in [-0.2, 0) is 17.8 Å². The third-order valence-corrected chi connectivity index (χ3v) is 6.42. The Kier molecular flexibility index (Phi) is 7.11. The summed E-state index contributed by atoms with van der Waals surface area (Å²) in [5.41, 5.74) is 4.78. The fourth-order valence-corrected chi connectivity index (χ4v) is 4.43. The SMILES string of the molecule is C=C(C)/C(=C\C(=C(C)C)c1coc2cc3c(c(OCc4ccccc4)c2c1=O)CCC(C)(C)O3)OC. The molecule has 2 heterocycles. The fraction of sp³-hybridized carbons (Fsp3) is 0.323. The molecular formula is C31H34O5. The van der Waals surface area contributed by atoms with Crippen LogP contribution in [0.2, 0.25) is 0 Å². The van der Waals surface area contributed by atoms with Crippen molar-refractivity contribution in [2.24, 2.45) is 0 Å². The summed E-state index contributed by atoms with van der Waals surface area (Å²) in [6, 6.07) is 11.7. The topological polar surface area (TPSA) is 57.9 Å². The molecule has 0 unspecified atom stereocenters. The summed E-state index contributed by atoms with van der Waals surface area (Å²) < 4.78 is 24.2. The largest absolute Gasteiger partial charge is 0.496 e. The summed E-state index contributed by atoms with van der Waals surface area (Å²) in [6.45, 7) is 14.2. The van der Waals surface area contributed by atoms with Crippen molar-refractivity contribution < 1.29 is 18.6 Å². The standard InChI is InChI=1S/C31H34O5/c1-19(2)23(15-25(33-7)20(3)4)24-18-34-27-16-26-22(13-14-31(5,6)36-26)30(28(27)29(24)32)35-17-21-11-9-8-10-12-21/h8-12,15-16,18H,3,13-14,17H2,1-2,4-7H3/b25-15+. The van der Waals surface area contributed by atoms with Crippen molar-refractivity contribution in [1.29, 1.82) is 0 Å². The maximum absolute atomic E-state index is 14.1. The van der Waals surface area contributed by atoms with Crippen LogP contribution in [0.3, 0.4) is 0 Å². The van der Waals surface area contributed by atoms with Gasteiger partial charge in [0.25, 0.3) is 0 Å². The van der Waals surface area contributed by atoms with Gasteiger partial charge in [-0.2, -0.15) is 0 Å². The molecule has 0 radical (unpaired) electrons. The number of fused-ring (bicyclic) bond motifs is 2. The smallest absolute Gasteiger partial charge is 0.204 e. The number of rotatable bonds is 7. The Balaban J connectivity index is 1.94. The summed E-state index contributed by atoms with van der Waals surface area (Å²) in [7, 11) is 1.59. The van der Waals surface area contributed by atoms with Gasteiger partial charge < -0.3 is 18.6 Å². The van der Waals surface area contributed by atoms with Gasteiger partial charge >= 0.3 is 0 Å². The van der Waals surface area contributed by atoms with Crippen LogP contribution in [-0.4, -0.2) is 12.7 Å². The van der Waals surface area contributed by atoms with Crippen LogP contribution in [0.15, 0.2) is 81.4 Å². The van der Waals surface area contributed by atoms with Crippen LogP contribution < -0.4 is 14.9 Å². The van der Waals surface area contributed by atoms with Gasteiger partial charge in [-0.25, -0.2) is 0 Å². The van der Waals surface area contributed by atoms with E-state index in [-0.39, 0.29) is 11.0 Å². The van der Waals surface area contributed by atoms with E-state index in [1.807, 2.05) is 63.2 Å². The molecule has 2 aromatic carbocycles. The Morgan fingerprint density at radius 2 is 1.89 bits per heavy atom. The molecule has 4 rings (SSSR count). The van der Waals surface area contributed by atoms with E-state index in [1.54, 1.807) is 7.11 Å². The summed E-state index contributed by atoms with van der Waals surface area (Å²) in [4.78, 5) is 14.1. The fourth-order valence-electron chi connectivity index (χ4n) is 4.43. The minimum atomic E-state index is -0.309. The zero-order valence-electron chi connectivity index (χ0n) is 22.0. The maximum Gasteiger partial charge on any atom is 0.204 e. The lowest BCUT2D eigenvalue weighted by atomic mass is 9.92. The summed E-state index contributed by atoms with van der Waals surface area (Å²) >= 11 is 0. The predicted octanol–water partition coefficient (Wildman–Crippen LogP) is 7.38. The molecule has 36 heavy (non-hydrogen) atoms.